The van der Waals surface area contributed by atoms with E-state index in [0.717, 1.165) is 9.80 Å². The number of nitrogens with zero attached hydrogens (tertiary/aromatic N) is 2. The predicted molar refractivity (Wildman–Crippen MR) is 170 cm³/mol. The van der Waals surface area contributed by atoms with Crippen molar-refractivity contribution in [1.82, 2.24) is 47.0 Å². The minimum atomic E-state index is -1.14. The van der Waals surface area contributed by atoms with Crippen LogP contribution in [0.2, 0.25) is 0 Å². The maximum Gasteiger partial charge on any atom is 0.285 e. The van der Waals surface area contributed by atoms with E-state index in [-0.39, 0.29) is 62.8 Å². The predicted octanol–water partition coefficient (Wildman–Crippen LogP) is -3.32. The second-order valence-corrected chi connectivity index (χ2v) is 10.9. The molecule has 2 heterocycles. The maximum atomic E-state index is 12.8. The number of carbonyl (C=O) groups excluding carboxylic acids is 9. The average molecular weight is 690 g/mol. The molecule has 2 aliphatic rings. The Hall–Kier alpha value is -5.43. The van der Waals surface area contributed by atoms with Crippen molar-refractivity contribution >= 4 is 53.2 Å². The summed E-state index contributed by atoms with van der Waals surface area (Å²) in [4.78, 5) is 113. The summed E-state index contributed by atoms with van der Waals surface area (Å²) in [6, 6.07) is -2.45. The van der Waals surface area contributed by atoms with Crippen molar-refractivity contribution in [2.75, 3.05) is 33.8 Å². The van der Waals surface area contributed by atoms with Crippen LogP contribution in [0.3, 0.4) is 0 Å². The molecule has 19 nitrogen and oxygen atoms in total. The molecule has 2 atom stereocenters. The van der Waals surface area contributed by atoms with Crippen LogP contribution in [0.15, 0.2) is 37.1 Å². The van der Waals surface area contributed by atoms with Crippen LogP contribution in [-0.2, 0) is 47.9 Å². The van der Waals surface area contributed by atoms with Crippen molar-refractivity contribution in [3.63, 3.8) is 0 Å². The Morgan fingerprint density at radius 2 is 1.10 bits per heavy atom. The van der Waals surface area contributed by atoms with Crippen molar-refractivity contribution in [3.8, 4) is 0 Å². The second kappa shape index (κ2) is 18.8. The normalized spacial score (nSPS) is 17.7. The molecule has 0 saturated carbocycles. The number of likely N-dealkylation sites (N-methyl/N-ethyl adjacent to an activating group) is 2. The van der Waals surface area contributed by atoms with Crippen LogP contribution < -0.4 is 37.2 Å². The lowest BCUT2D eigenvalue weighted by molar-refractivity contribution is -0.141. The Bertz CT molecular complexity index is 1320. The third-order valence-electron chi connectivity index (χ3n) is 7.24. The lowest BCUT2D eigenvalue weighted by Gasteiger charge is -2.20. The van der Waals surface area contributed by atoms with E-state index in [1.165, 1.54) is 0 Å². The minimum Gasteiger partial charge on any atom is -0.489 e. The quantitative estimate of drug-likeness (QED) is 0.0377. The Morgan fingerprint density at radius 3 is 1.45 bits per heavy atom. The van der Waals surface area contributed by atoms with Crippen LogP contribution in [0, 0.1) is 0 Å². The first-order valence-electron chi connectivity index (χ1n) is 15.3. The molecule has 49 heavy (non-hydrogen) atoms. The molecule has 2 saturated heterocycles. The summed E-state index contributed by atoms with van der Waals surface area (Å²) >= 11 is 0. The lowest BCUT2D eigenvalue weighted by atomic mass is 10.1. The Kier molecular flexibility index (Phi) is 15.2. The summed E-state index contributed by atoms with van der Waals surface area (Å²) in [5.74, 6) is -6.07. The van der Waals surface area contributed by atoms with E-state index in [9.17, 15) is 43.2 Å². The van der Waals surface area contributed by atoms with Crippen LogP contribution >= 0.6 is 0 Å². The zero-order valence-corrected chi connectivity index (χ0v) is 27.7. The number of hydrogen-bond acceptors (Lipinski definition) is 12. The number of rotatable bonds is 20. The maximum absolute atomic E-state index is 12.8. The molecule has 2 rings (SSSR count). The summed E-state index contributed by atoms with van der Waals surface area (Å²) in [5, 5.41) is 17.2. The summed E-state index contributed by atoms with van der Waals surface area (Å²) < 4.78 is 5.07. The van der Waals surface area contributed by atoms with Crippen molar-refractivity contribution < 1.29 is 47.9 Å². The molecular weight excluding hydrogens is 646 g/mol. The average Bonchev–Trinajstić information content (AvgIpc) is 3.45. The first-order chi connectivity index (χ1) is 23.1. The van der Waals surface area contributed by atoms with Gasteiger partial charge in [-0.25, -0.2) is 0 Å². The van der Waals surface area contributed by atoms with Crippen LogP contribution in [0.25, 0.3) is 0 Å². The summed E-state index contributed by atoms with van der Waals surface area (Å²) in [6.45, 7) is 12.0. The molecule has 2 unspecified atom stereocenters. The van der Waals surface area contributed by atoms with E-state index in [2.05, 4.69) is 57.0 Å². The molecule has 0 aromatic carbocycles. The largest absolute Gasteiger partial charge is 0.489 e. The number of nitrogens with one attached hydrogen (secondary N) is 7. The van der Waals surface area contributed by atoms with Gasteiger partial charge < -0.3 is 42.0 Å². The van der Waals surface area contributed by atoms with Gasteiger partial charge in [-0.2, -0.15) is 0 Å². The second-order valence-electron chi connectivity index (χ2n) is 10.9. The highest BCUT2D eigenvalue weighted by Gasteiger charge is 2.38. The number of amides is 9. The lowest BCUT2D eigenvalue weighted by Crippen LogP contribution is -2.45. The Labute approximate surface area is 282 Å². The number of carbonyl (C=O) groups is 9. The van der Waals surface area contributed by atoms with Gasteiger partial charge in [-0.1, -0.05) is 19.7 Å². The molecule has 19 heteroatoms. The number of imide groups is 2. The smallest absolute Gasteiger partial charge is 0.285 e. The molecule has 0 aromatic rings. The topological polar surface area (TPSA) is 254 Å². The van der Waals surface area contributed by atoms with Gasteiger partial charge >= 0.3 is 0 Å². The van der Waals surface area contributed by atoms with Gasteiger partial charge in [0, 0.05) is 44.8 Å². The fourth-order valence-corrected chi connectivity index (χ4v) is 4.80. The first kappa shape index (κ1) is 39.7. The standard InChI is InChI=1S/C30H43N9O10/c1-7-49-16(2)28(46)37-19(12-24(42)35-17(3)33-22(40)8-10-38-26(44)14-20(31-5)29(38)47)13-25(43)36-18(4)34-23(41)9-11-39-27(45)15-21(32-6)30(39)48/h19-21,31-32H,2-4,7-15H2,1,5-6H3,(H,33,40)(H,34,41)(H,35,42)(H,36,43)(H,37,46). The molecule has 268 valence electrons. The van der Waals surface area contributed by atoms with Gasteiger partial charge in [0.1, 0.15) is 11.6 Å². The molecule has 2 fully saturated rings. The van der Waals surface area contributed by atoms with Gasteiger partial charge in [-0.05, 0) is 21.0 Å². The fourth-order valence-electron chi connectivity index (χ4n) is 4.80. The van der Waals surface area contributed by atoms with E-state index in [1.54, 1.807) is 21.0 Å². The molecule has 0 bridgehead atoms. The van der Waals surface area contributed by atoms with Crippen molar-refractivity contribution in [2.45, 2.75) is 63.6 Å². The summed E-state index contributed by atoms with van der Waals surface area (Å²) in [6.07, 6.45) is -1.52. The first-order valence-corrected chi connectivity index (χ1v) is 15.3. The molecule has 9 amide bonds. The highest BCUT2D eigenvalue weighted by molar-refractivity contribution is 6.06. The van der Waals surface area contributed by atoms with Crippen LogP contribution in [0.5, 0.6) is 0 Å². The third kappa shape index (κ3) is 12.3. The highest BCUT2D eigenvalue weighted by Crippen LogP contribution is 2.14. The van der Waals surface area contributed by atoms with E-state index in [0.29, 0.717) is 0 Å². The monoisotopic (exact) mass is 689 g/mol. The van der Waals surface area contributed by atoms with Crippen LogP contribution in [0.4, 0.5) is 0 Å². The molecule has 0 spiro atoms. The molecule has 0 radical (unpaired) electrons. The Morgan fingerprint density at radius 1 is 0.714 bits per heavy atom. The molecule has 0 aliphatic carbocycles. The fraction of sp³-hybridized carbons (Fsp3) is 0.500. The van der Waals surface area contributed by atoms with Crippen LogP contribution in [-0.4, -0.2) is 115 Å². The van der Waals surface area contributed by atoms with Crippen molar-refractivity contribution in [2.24, 2.45) is 0 Å². The Balaban J connectivity index is 1.89. The number of ether oxygens (including phenoxy) is 1. The SMILES string of the molecule is C=C(NC(=O)CCN1C(=O)CC(NC)C1=O)NC(=O)CC(CC(=O)NC(=C)NC(=O)CCN1C(=O)CC(NC)C1=O)NC(=O)C(=C)OCC. The van der Waals surface area contributed by atoms with E-state index in [1.807, 2.05) is 0 Å². The van der Waals surface area contributed by atoms with Gasteiger partial charge in [0.05, 0.1) is 31.5 Å². The molecular formula is C30H43N9O10. The molecule has 2 aliphatic heterocycles. The number of likely N-dealkylation sites (tertiary alicyclic amines) is 2. The molecule has 0 aromatic heterocycles. The van der Waals surface area contributed by atoms with Gasteiger partial charge in [-0.3, -0.25) is 53.0 Å². The third-order valence-corrected chi connectivity index (χ3v) is 7.24. The molecule has 7 N–H and O–H groups in total. The van der Waals surface area contributed by atoms with Gasteiger partial charge in [-0.15, -0.1) is 0 Å². The minimum absolute atomic E-state index is 0.0148. The van der Waals surface area contributed by atoms with E-state index in [4.69, 9.17) is 4.74 Å². The van der Waals surface area contributed by atoms with Crippen molar-refractivity contribution in [1.29, 1.82) is 0 Å². The van der Waals surface area contributed by atoms with E-state index >= 15 is 0 Å². The zero-order chi connectivity index (χ0) is 36.8. The van der Waals surface area contributed by atoms with E-state index < -0.39 is 84.1 Å². The van der Waals surface area contributed by atoms with Gasteiger partial charge in [0.15, 0.2) is 5.76 Å². The summed E-state index contributed by atoms with van der Waals surface area (Å²) in [5.41, 5.74) is 0. The summed E-state index contributed by atoms with van der Waals surface area (Å²) in [7, 11) is 3.09. The van der Waals surface area contributed by atoms with Gasteiger partial charge in [0.2, 0.25) is 47.3 Å². The highest BCUT2D eigenvalue weighted by atomic mass is 16.5. The zero-order valence-electron chi connectivity index (χ0n) is 27.7. The number of hydrogen-bond donors (Lipinski definition) is 7. The van der Waals surface area contributed by atoms with Gasteiger partial charge in [0.25, 0.3) is 5.91 Å². The van der Waals surface area contributed by atoms with Crippen LogP contribution in [0.1, 0.15) is 45.4 Å². The van der Waals surface area contributed by atoms with Crippen molar-refractivity contribution in [3.05, 3.63) is 37.1 Å².